The van der Waals surface area contributed by atoms with E-state index in [9.17, 15) is 14.4 Å². The summed E-state index contributed by atoms with van der Waals surface area (Å²) in [6.45, 7) is 2.61. The number of rotatable bonds is 13. The summed E-state index contributed by atoms with van der Waals surface area (Å²) in [5, 5.41) is 5.28. The van der Waals surface area contributed by atoms with Gasteiger partial charge >= 0.3 is 0 Å². The minimum Gasteiger partial charge on any atom is -0.345 e. The van der Waals surface area contributed by atoms with Crippen molar-refractivity contribution in [1.82, 2.24) is 10.6 Å². The Bertz CT molecular complexity index is 363. The van der Waals surface area contributed by atoms with Gasteiger partial charge in [-0.05, 0) is 58.5 Å². The highest BCUT2D eigenvalue weighted by molar-refractivity contribution is 5.90. The van der Waals surface area contributed by atoms with E-state index >= 15 is 0 Å². The molecule has 0 aliphatic heterocycles. The molecular weight excluding hydrogens is 298 g/mol. The predicted octanol–water partition coefficient (Wildman–Crippen LogP) is -1.24. The molecule has 2 amide bonds. The van der Waals surface area contributed by atoms with Crippen LogP contribution in [0.2, 0.25) is 0 Å². The van der Waals surface area contributed by atoms with E-state index in [1.165, 1.54) is 0 Å². The molecule has 0 aromatic rings. The third-order valence-electron chi connectivity index (χ3n) is 3.45. The van der Waals surface area contributed by atoms with Gasteiger partial charge in [-0.15, -0.1) is 0 Å². The Morgan fingerprint density at radius 3 is 2.00 bits per heavy atom. The lowest BCUT2D eigenvalue weighted by atomic mass is 10.1. The Morgan fingerprint density at radius 2 is 1.52 bits per heavy atom. The van der Waals surface area contributed by atoms with Crippen molar-refractivity contribution in [2.75, 3.05) is 13.1 Å². The van der Waals surface area contributed by atoms with Gasteiger partial charge in [-0.25, -0.2) is 0 Å². The predicted molar refractivity (Wildman–Crippen MR) is 89.4 cm³/mol. The molecule has 0 radical (unpaired) electrons. The molecule has 0 aliphatic carbocycles. The summed E-state index contributed by atoms with van der Waals surface area (Å²) in [6, 6.07) is -1.98. The number of aldehydes is 1. The molecule has 3 atom stereocenters. The van der Waals surface area contributed by atoms with Crippen LogP contribution in [-0.4, -0.2) is 49.3 Å². The van der Waals surface area contributed by atoms with Crippen molar-refractivity contribution >= 4 is 18.1 Å². The zero-order valence-corrected chi connectivity index (χ0v) is 13.9. The minimum absolute atomic E-state index is 0.374. The van der Waals surface area contributed by atoms with Gasteiger partial charge in [0.1, 0.15) is 12.3 Å². The van der Waals surface area contributed by atoms with Gasteiger partial charge in [0.25, 0.3) is 0 Å². The van der Waals surface area contributed by atoms with Gasteiger partial charge < -0.3 is 32.6 Å². The second-order valence-electron chi connectivity index (χ2n) is 5.67. The largest absolute Gasteiger partial charge is 0.345 e. The van der Waals surface area contributed by atoms with Crippen molar-refractivity contribution in [3.8, 4) is 0 Å². The fourth-order valence-electron chi connectivity index (χ4n) is 2.03. The summed E-state index contributed by atoms with van der Waals surface area (Å²) >= 11 is 0. The molecule has 0 aromatic carbocycles. The van der Waals surface area contributed by atoms with Gasteiger partial charge in [-0.3, -0.25) is 9.59 Å². The first kappa shape index (κ1) is 21.5. The number of nitrogens with one attached hydrogen (secondary N) is 2. The molecule has 0 saturated heterocycles. The fourth-order valence-corrected chi connectivity index (χ4v) is 2.03. The molecule has 0 fully saturated rings. The number of carbonyl (C=O) groups excluding carboxylic acids is 3. The van der Waals surface area contributed by atoms with Crippen LogP contribution < -0.4 is 27.8 Å². The lowest BCUT2D eigenvalue weighted by molar-refractivity contribution is -0.130. The molecule has 0 rings (SSSR count). The van der Waals surface area contributed by atoms with Crippen molar-refractivity contribution in [3.63, 3.8) is 0 Å². The molecule has 134 valence electrons. The van der Waals surface area contributed by atoms with E-state index in [1.54, 1.807) is 6.92 Å². The van der Waals surface area contributed by atoms with Crippen LogP contribution in [0.4, 0.5) is 0 Å². The first-order valence-corrected chi connectivity index (χ1v) is 8.18. The second-order valence-corrected chi connectivity index (χ2v) is 5.67. The second kappa shape index (κ2) is 13.0. The molecule has 0 saturated carbocycles. The Morgan fingerprint density at radius 1 is 0.957 bits per heavy atom. The number of unbranched alkanes of at least 4 members (excludes halogenated alkanes) is 2. The molecule has 8 nitrogen and oxygen atoms in total. The quantitative estimate of drug-likeness (QED) is 0.210. The maximum absolute atomic E-state index is 12.3. The SMILES string of the molecule is C[C@H](N)C(=O)N[C@@H](CCCCN)C(=O)N[C@H](C=O)CCCCN. The summed E-state index contributed by atoms with van der Waals surface area (Å²) in [5.74, 6) is -0.774. The Balaban J connectivity index is 4.61. The van der Waals surface area contributed by atoms with Crippen LogP contribution in [0.5, 0.6) is 0 Å². The highest BCUT2D eigenvalue weighted by atomic mass is 16.2. The van der Waals surface area contributed by atoms with Gasteiger partial charge in [0.2, 0.25) is 11.8 Å². The zero-order valence-electron chi connectivity index (χ0n) is 13.9. The van der Waals surface area contributed by atoms with Crippen LogP contribution in [0.15, 0.2) is 0 Å². The fraction of sp³-hybridized carbons (Fsp3) is 0.800. The normalized spacial score (nSPS) is 14.6. The van der Waals surface area contributed by atoms with E-state index in [4.69, 9.17) is 17.2 Å². The number of hydrogen-bond donors (Lipinski definition) is 5. The van der Waals surface area contributed by atoms with Crippen molar-refractivity contribution in [3.05, 3.63) is 0 Å². The van der Waals surface area contributed by atoms with Gasteiger partial charge in [0.15, 0.2) is 0 Å². The highest BCUT2D eigenvalue weighted by Crippen LogP contribution is 2.04. The monoisotopic (exact) mass is 329 g/mol. The first-order valence-electron chi connectivity index (χ1n) is 8.18. The molecule has 0 aliphatic rings. The maximum Gasteiger partial charge on any atom is 0.243 e. The molecule has 0 aromatic heterocycles. The van der Waals surface area contributed by atoms with Crippen LogP contribution in [0.1, 0.15) is 45.4 Å². The Hall–Kier alpha value is -1.51. The molecule has 23 heavy (non-hydrogen) atoms. The number of amides is 2. The van der Waals surface area contributed by atoms with E-state index in [0.717, 1.165) is 19.3 Å². The molecule has 8 N–H and O–H groups in total. The van der Waals surface area contributed by atoms with E-state index < -0.39 is 24.0 Å². The average Bonchev–Trinajstić information content (AvgIpc) is 2.52. The van der Waals surface area contributed by atoms with Crippen LogP contribution in [0, 0.1) is 0 Å². The van der Waals surface area contributed by atoms with Crippen molar-refractivity contribution < 1.29 is 14.4 Å². The Labute approximate surface area is 137 Å². The van der Waals surface area contributed by atoms with Gasteiger partial charge in [-0.1, -0.05) is 0 Å². The van der Waals surface area contributed by atoms with Crippen LogP contribution >= 0.6 is 0 Å². The molecule has 0 spiro atoms. The summed E-state index contributed by atoms with van der Waals surface area (Å²) in [7, 11) is 0. The standard InChI is InChI=1S/C15H31N5O3/c1-11(18)14(22)20-13(7-3-5-9-17)15(23)19-12(10-21)6-2-4-8-16/h10-13H,2-9,16-18H2,1H3,(H,19,23)(H,20,22)/t11-,12-,13-/m0/s1. The number of carbonyl (C=O) groups is 3. The number of nitrogens with two attached hydrogens (primary N) is 3. The average molecular weight is 329 g/mol. The molecular formula is C15H31N5O3. The lowest BCUT2D eigenvalue weighted by Crippen LogP contribution is -2.53. The lowest BCUT2D eigenvalue weighted by Gasteiger charge is -2.21. The Kier molecular flexibility index (Phi) is 12.1. The summed E-state index contributed by atoms with van der Waals surface area (Å²) in [5.41, 5.74) is 16.4. The van der Waals surface area contributed by atoms with E-state index in [1.807, 2.05) is 0 Å². The molecule has 8 heteroatoms. The zero-order chi connectivity index (χ0) is 17.7. The third kappa shape index (κ3) is 9.98. The van der Waals surface area contributed by atoms with Gasteiger partial charge in [0, 0.05) is 0 Å². The van der Waals surface area contributed by atoms with E-state index in [2.05, 4.69) is 10.6 Å². The van der Waals surface area contributed by atoms with E-state index in [0.29, 0.717) is 38.6 Å². The highest BCUT2D eigenvalue weighted by Gasteiger charge is 2.23. The van der Waals surface area contributed by atoms with Crippen LogP contribution in [0.3, 0.4) is 0 Å². The summed E-state index contributed by atoms with van der Waals surface area (Å²) < 4.78 is 0. The summed E-state index contributed by atoms with van der Waals surface area (Å²) in [6.07, 6.45) is 4.70. The third-order valence-corrected chi connectivity index (χ3v) is 3.45. The van der Waals surface area contributed by atoms with Crippen molar-refractivity contribution in [2.45, 2.75) is 63.6 Å². The first-order chi connectivity index (χ1) is 11.0. The summed E-state index contributed by atoms with van der Waals surface area (Å²) in [4.78, 5) is 35.1. The van der Waals surface area contributed by atoms with Crippen LogP contribution in [-0.2, 0) is 14.4 Å². The van der Waals surface area contributed by atoms with Gasteiger partial charge in [0.05, 0.1) is 12.1 Å². The molecule has 0 unspecified atom stereocenters. The minimum atomic E-state index is -0.711. The van der Waals surface area contributed by atoms with Crippen molar-refractivity contribution in [2.24, 2.45) is 17.2 Å². The molecule has 0 heterocycles. The number of hydrogen-bond acceptors (Lipinski definition) is 6. The smallest absolute Gasteiger partial charge is 0.243 e. The maximum atomic E-state index is 12.3. The van der Waals surface area contributed by atoms with Crippen molar-refractivity contribution in [1.29, 1.82) is 0 Å². The van der Waals surface area contributed by atoms with Gasteiger partial charge in [-0.2, -0.15) is 0 Å². The van der Waals surface area contributed by atoms with E-state index in [-0.39, 0.29) is 5.91 Å². The molecule has 0 bridgehead atoms. The van der Waals surface area contributed by atoms with Crippen LogP contribution in [0.25, 0.3) is 0 Å². The topological polar surface area (TPSA) is 153 Å².